The fourth-order valence-electron chi connectivity index (χ4n) is 2.50. The van der Waals surface area contributed by atoms with E-state index in [-0.39, 0.29) is 13.0 Å². The molecule has 0 bridgehead atoms. The van der Waals surface area contributed by atoms with Crippen molar-refractivity contribution in [3.8, 4) is 0 Å². The van der Waals surface area contributed by atoms with Crippen LogP contribution in [0.4, 0.5) is 4.79 Å². The summed E-state index contributed by atoms with van der Waals surface area (Å²) in [4.78, 5) is 34.7. The molecule has 3 N–H and O–H groups in total. The maximum atomic E-state index is 11.7. The average molecular weight is 441 g/mol. The molecule has 0 radical (unpaired) electrons. The summed E-state index contributed by atoms with van der Waals surface area (Å²) >= 11 is 6.37. The van der Waals surface area contributed by atoms with Crippen molar-refractivity contribution in [3.63, 3.8) is 0 Å². The molecule has 0 aromatic carbocycles. The maximum absolute atomic E-state index is 11.7. The standard InChI is InChI=1S/C11H11Br2N3O6/c12-6-1-7(13)16(14-6)4-11(9(19)20)2-5(8(17)18)15(3-11)10(21)22/h1,5H,2-4H2,(H,17,18)(H,19,20)(H,21,22)/t5-,11?/m0/s1. The number of hydrogen-bond acceptors (Lipinski definition) is 4. The molecule has 0 aliphatic carbocycles. The Morgan fingerprint density at radius 1 is 1.32 bits per heavy atom. The Kier molecular flexibility index (Phi) is 4.47. The second-order valence-electron chi connectivity index (χ2n) is 5.00. The molecule has 11 heteroatoms. The fourth-order valence-corrected chi connectivity index (χ4v) is 3.64. The number of likely N-dealkylation sites (tertiary alicyclic amines) is 1. The zero-order valence-electron chi connectivity index (χ0n) is 10.9. The van der Waals surface area contributed by atoms with Crippen LogP contribution >= 0.6 is 31.9 Å². The summed E-state index contributed by atoms with van der Waals surface area (Å²) in [5.41, 5.74) is -1.56. The first-order chi connectivity index (χ1) is 10.2. The van der Waals surface area contributed by atoms with Crippen LogP contribution < -0.4 is 0 Å². The number of aliphatic carboxylic acids is 2. The molecule has 1 saturated heterocycles. The number of rotatable bonds is 4. The molecule has 2 atom stereocenters. The second kappa shape index (κ2) is 5.88. The van der Waals surface area contributed by atoms with Gasteiger partial charge in [0.1, 0.15) is 20.7 Å². The van der Waals surface area contributed by atoms with E-state index in [9.17, 15) is 19.5 Å². The molecule has 1 unspecified atom stereocenters. The van der Waals surface area contributed by atoms with Gasteiger partial charge < -0.3 is 15.3 Å². The van der Waals surface area contributed by atoms with E-state index in [2.05, 4.69) is 37.0 Å². The van der Waals surface area contributed by atoms with Crippen molar-refractivity contribution in [1.29, 1.82) is 0 Å². The van der Waals surface area contributed by atoms with Crippen LogP contribution in [0.3, 0.4) is 0 Å². The van der Waals surface area contributed by atoms with Crippen molar-refractivity contribution >= 4 is 49.9 Å². The van der Waals surface area contributed by atoms with Crippen LogP contribution in [-0.4, -0.2) is 60.6 Å². The van der Waals surface area contributed by atoms with Crippen LogP contribution in [0.1, 0.15) is 6.42 Å². The molecular weight excluding hydrogens is 430 g/mol. The first-order valence-electron chi connectivity index (χ1n) is 6.01. The van der Waals surface area contributed by atoms with E-state index in [0.29, 0.717) is 14.1 Å². The maximum Gasteiger partial charge on any atom is 0.408 e. The van der Waals surface area contributed by atoms with Gasteiger partial charge in [0.05, 0.1) is 6.54 Å². The van der Waals surface area contributed by atoms with Crippen LogP contribution in [0, 0.1) is 5.41 Å². The number of aromatic nitrogens is 2. The predicted octanol–water partition coefficient (Wildman–Crippen LogP) is 1.32. The molecular formula is C11H11Br2N3O6. The highest BCUT2D eigenvalue weighted by Crippen LogP contribution is 2.38. The number of carboxylic acid groups (broad SMARTS) is 3. The predicted molar refractivity (Wildman–Crippen MR) is 78.5 cm³/mol. The number of carboxylic acids is 2. The van der Waals surface area contributed by atoms with Gasteiger partial charge in [-0.3, -0.25) is 14.4 Å². The van der Waals surface area contributed by atoms with Gasteiger partial charge in [-0.2, -0.15) is 5.10 Å². The van der Waals surface area contributed by atoms with Crippen molar-refractivity contribution in [3.05, 3.63) is 15.3 Å². The van der Waals surface area contributed by atoms with E-state index in [1.165, 1.54) is 4.68 Å². The zero-order valence-corrected chi connectivity index (χ0v) is 14.1. The normalized spacial score (nSPS) is 24.5. The van der Waals surface area contributed by atoms with Gasteiger partial charge in [-0.05, 0) is 38.3 Å². The lowest BCUT2D eigenvalue weighted by atomic mass is 9.85. The fraction of sp³-hybridized carbons (Fsp3) is 0.455. The average Bonchev–Trinajstić information content (AvgIpc) is 2.92. The van der Waals surface area contributed by atoms with Gasteiger partial charge in [0.15, 0.2) is 0 Å². The highest BCUT2D eigenvalue weighted by atomic mass is 79.9. The van der Waals surface area contributed by atoms with Crippen molar-refractivity contribution in [2.45, 2.75) is 19.0 Å². The van der Waals surface area contributed by atoms with Crippen LogP contribution in [0.15, 0.2) is 15.3 Å². The van der Waals surface area contributed by atoms with Crippen LogP contribution in [0.5, 0.6) is 0 Å². The van der Waals surface area contributed by atoms with Crippen LogP contribution in [-0.2, 0) is 16.1 Å². The topological polar surface area (TPSA) is 133 Å². The molecule has 0 spiro atoms. The molecule has 2 heterocycles. The molecule has 22 heavy (non-hydrogen) atoms. The minimum atomic E-state index is -1.56. The third-order valence-electron chi connectivity index (χ3n) is 3.57. The Morgan fingerprint density at radius 2 is 1.95 bits per heavy atom. The minimum Gasteiger partial charge on any atom is -0.481 e. The molecule has 1 aliphatic heterocycles. The lowest BCUT2D eigenvalue weighted by Gasteiger charge is -2.24. The molecule has 0 saturated carbocycles. The lowest BCUT2D eigenvalue weighted by Crippen LogP contribution is -2.41. The summed E-state index contributed by atoms with van der Waals surface area (Å²) in [7, 11) is 0. The van der Waals surface area contributed by atoms with Crippen molar-refractivity contribution in [2.75, 3.05) is 6.54 Å². The van der Waals surface area contributed by atoms with Crippen molar-refractivity contribution in [2.24, 2.45) is 5.41 Å². The van der Waals surface area contributed by atoms with Gasteiger partial charge in [0.2, 0.25) is 0 Å². The zero-order chi connectivity index (χ0) is 16.7. The molecule has 2 rings (SSSR count). The Hall–Kier alpha value is -1.62. The SMILES string of the molecule is O=C(O)[C@@H]1CC(Cn2nc(Br)cc2Br)(C(=O)O)CN1C(=O)O. The first-order valence-corrected chi connectivity index (χ1v) is 7.59. The summed E-state index contributed by atoms with van der Waals surface area (Å²) in [5.74, 6) is -2.63. The summed E-state index contributed by atoms with van der Waals surface area (Å²) in [6, 6.07) is 0.208. The number of amides is 1. The number of nitrogens with zero attached hydrogens (tertiary/aromatic N) is 3. The monoisotopic (exact) mass is 439 g/mol. The Balaban J connectivity index is 2.38. The van der Waals surface area contributed by atoms with E-state index in [4.69, 9.17) is 10.2 Å². The van der Waals surface area contributed by atoms with Crippen molar-refractivity contribution < 1.29 is 29.7 Å². The van der Waals surface area contributed by atoms with Gasteiger partial charge in [-0.15, -0.1) is 0 Å². The summed E-state index contributed by atoms with van der Waals surface area (Å²) in [5, 5.41) is 31.8. The smallest absolute Gasteiger partial charge is 0.408 e. The number of halogens is 2. The third-order valence-corrected chi connectivity index (χ3v) is 4.60. The molecule has 1 fully saturated rings. The largest absolute Gasteiger partial charge is 0.481 e. The Labute approximate surface area is 140 Å². The second-order valence-corrected chi connectivity index (χ2v) is 6.63. The van der Waals surface area contributed by atoms with E-state index in [1.54, 1.807) is 6.07 Å². The molecule has 1 aromatic rings. The van der Waals surface area contributed by atoms with E-state index < -0.39 is 36.0 Å². The Bertz CT molecular complexity index is 624. The molecule has 120 valence electrons. The van der Waals surface area contributed by atoms with E-state index in [1.807, 2.05) is 0 Å². The number of hydrogen-bond donors (Lipinski definition) is 3. The Morgan fingerprint density at radius 3 is 2.32 bits per heavy atom. The van der Waals surface area contributed by atoms with Gasteiger partial charge >= 0.3 is 18.0 Å². The van der Waals surface area contributed by atoms with E-state index in [0.717, 1.165) is 0 Å². The summed E-state index contributed by atoms with van der Waals surface area (Å²) in [6.07, 6.45) is -1.79. The van der Waals surface area contributed by atoms with Gasteiger partial charge in [0, 0.05) is 12.6 Å². The minimum absolute atomic E-state index is 0.151. The van der Waals surface area contributed by atoms with Gasteiger partial charge in [-0.25, -0.2) is 9.59 Å². The van der Waals surface area contributed by atoms with E-state index >= 15 is 0 Å². The molecule has 1 aromatic heterocycles. The van der Waals surface area contributed by atoms with Crippen LogP contribution in [0.25, 0.3) is 0 Å². The summed E-state index contributed by atoms with van der Waals surface area (Å²) < 4.78 is 2.33. The molecule has 1 aliphatic rings. The summed E-state index contributed by atoms with van der Waals surface area (Å²) in [6.45, 7) is -0.569. The van der Waals surface area contributed by atoms with Gasteiger partial charge in [-0.1, -0.05) is 0 Å². The molecule has 1 amide bonds. The first kappa shape index (κ1) is 16.7. The lowest BCUT2D eigenvalue weighted by molar-refractivity contribution is -0.149. The highest BCUT2D eigenvalue weighted by molar-refractivity contribution is 9.11. The quantitative estimate of drug-likeness (QED) is 0.642. The van der Waals surface area contributed by atoms with Gasteiger partial charge in [0.25, 0.3) is 0 Å². The third kappa shape index (κ3) is 2.95. The van der Waals surface area contributed by atoms with Crippen LogP contribution in [0.2, 0.25) is 0 Å². The molecule has 9 nitrogen and oxygen atoms in total. The number of carbonyl (C=O) groups is 3. The van der Waals surface area contributed by atoms with Crippen molar-refractivity contribution in [1.82, 2.24) is 14.7 Å². The highest BCUT2D eigenvalue weighted by Gasteiger charge is 2.54.